The molecular weight excluding hydrogens is 534 g/mol. The summed E-state index contributed by atoms with van der Waals surface area (Å²) < 4.78 is 28.7. The molecule has 1 atom stereocenters. The quantitative estimate of drug-likeness (QED) is 0.278. The summed E-state index contributed by atoms with van der Waals surface area (Å²) in [6.45, 7) is 5.68. The lowest BCUT2D eigenvalue weighted by Gasteiger charge is -2.32. The second-order valence-electron chi connectivity index (χ2n) is 10.2. The zero-order valence-corrected chi connectivity index (χ0v) is 23.3. The first-order valence-corrected chi connectivity index (χ1v) is 15.1. The normalized spacial score (nSPS) is 16.1. The molecule has 3 N–H and O–H groups in total. The second kappa shape index (κ2) is 11.2. The van der Waals surface area contributed by atoms with Gasteiger partial charge >= 0.3 is 0 Å². The number of benzene rings is 2. The first-order valence-electron chi connectivity index (χ1n) is 13.5. The van der Waals surface area contributed by atoms with Crippen LogP contribution in [0, 0.1) is 0 Å². The van der Waals surface area contributed by atoms with Crippen molar-refractivity contribution in [1.82, 2.24) is 29.1 Å². The Bertz CT molecular complexity index is 1800. The van der Waals surface area contributed by atoms with Crippen LogP contribution in [0.5, 0.6) is 0 Å². The average Bonchev–Trinajstić information content (AvgIpc) is 3.37. The highest BCUT2D eigenvalue weighted by atomic mass is 32.2. The molecule has 41 heavy (non-hydrogen) atoms. The molecule has 0 radical (unpaired) electrons. The van der Waals surface area contributed by atoms with E-state index in [-0.39, 0.29) is 6.04 Å². The predicted octanol–water partition coefficient (Wildman–Crippen LogP) is 4.76. The van der Waals surface area contributed by atoms with Gasteiger partial charge in [-0.25, -0.2) is 28.1 Å². The van der Waals surface area contributed by atoms with Crippen molar-refractivity contribution in [1.29, 1.82) is 0 Å². The lowest BCUT2D eigenvalue weighted by Crippen LogP contribution is -2.46. The minimum atomic E-state index is -3.46. The Labute approximate surface area is 239 Å². The minimum absolute atomic E-state index is 0.124. The van der Waals surface area contributed by atoms with Crippen LogP contribution in [-0.2, 0) is 16.6 Å². The summed E-state index contributed by atoms with van der Waals surface area (Å²) in [6.07, 6.45) is 3.41. The molecule has 0 saturated carbocycles. The topological polar surface area (TPSA) is 119 Å². The van der Waals surface area contributed by atoms with Gasteiger partial charge in [0.15, 0.2) is 11.5 Å². The number of fused-ring (bicyclic) bond motifs is 1. The molecule has 9 nitrogen and oxygen atoms in total. The SMILES string of the molecule is C=CS(=O)(=O)N[C@@H]1CCCN(Cc2ccc(-n3c(-c4cccnc4N)nc4ccc(-c5ccccc5)nc43)cc2)C1. The molecule has 3 aromatic heterocycles. The van der Waals surface area contributed by atoms with Crippen molar-refractivity contribution >= 4 is 27.0 Å². The van der Waals surface area contributed by atoms with E-state index in [0.29, 0.717) is 18.2 Å². The number of rotatable bonds is 8. The number of nitrogen functional groups attached to an aromatic ring is 1. The fourth-order valence-electron chi connectivity index (χ4n) is 5.34. The van der Waals surface area contributed by atoms with Crippen LogP contribution in [0.2, 0.25) is 0 Å². The first kappa shape index (κ1) is 26.8. The lowest BCUT2D eigenvalue weighted by atomic mass is 10.1. The summed E-state index contributed by atoms with van der Waals surface area (Å²) in [5.41, 5.74) is 12.4. The van der Waals surface area contributed by atoms with E-state index in [1.165, 1.54) is 0 Å². The van der Waals surface area contributed by atoms with Crippen LogP contribution in [0.15, 0.2) is 97.0 Å². The van der Waals surface area contributed by atoms with Gasteiger partial charge in [-0.2, -0.15) is 0 Å². The highest BCUT2D eigenvalue weighted by molar-refractivity contribution is 7.92. The number of nitrogens with zero attached hydrogens (tertiary/aromatic N) is 5. The first-order chi connectivity index (χ1) is 19.9. The van der Waals surface area contributed by atoms with Crippen molar-refractivity contribution in [2.24, 2.45) is 0 Å². The number of hydrogen-bond donors (Lipinski definition) is 2. The third-order valence-corrected chi connectivity index (χ3v) is 8.41. The number of nitrogens with one attached hydrogen (secondary N) is 1. The third kappa shape index (κ3) is 5.76. The maximum Gasteiger partial charge on any atom is 0.233 e. The smallest absolute Gasteiger partial charge is 0.233 e. The van der Waals surface area contributed by atoms with Gasteiger partial charge in [0.25, 0.3) is 0 Å². The van der Waals surface area contributed by atoms with Crippen molar-refractivity contribution in [2.45, 2.75) is 25.4 Å². The van der Waals surface area contributed by atoms with Crippen molar-refractivity contribution in [2.75, 3.05) is 18.8 Å². The molecule has 1 aliphatic rings. The Morgan fingerprint density at radius 3 is 2.56 bits per heavy atom. The molecule has 6 rings (SSSR count). The Morgan fingerprint density at radius 2 is 1.80 bits per heavy atom. The van der Waals surface area contributed by atoms with E-state index in [9.17, 15) is 8.42 Å². The standard InChI is InChI=1S/C31H31N7O2S/c1-2-41(39,40)36-24-10-7-19-37(21-24)20-22-12-14-25(15-13-22)38-30(26-11-6-18-33-29(26)32)35-28-17-16-27(34-31(28)38)23-8-4-3-5-9-23/h2-6,8-9,11-18,24,36H,1,7,10,19-21H2,(H2,32,33)/t24-/m1/s1. The largest absolute Gasteiger partial charge is 0.383 e. The van der Waals surface area contributed by atoms with Crippen molar-refractivity contribution in [3.8, 4) is 28.3 Å². The number of nitrogens with two attached hydrogens (primary N) is 1. The van der Waals surface area contributed by atoms with E-state index in [1.54, 1.807) is 6.20 Å². The van der Waals surface area contributed by atoms with Gasteiger partial charge < -0.3 is 5.73 Å². The number of hydrogen-bond acceptors (Lipinski definition) is 7. The lowest BCUT2D eigenvalue weighted by molar-refractivity contribution is 0.194. The van der Waals surface area contributed by atoms with Gasteiger partial charge in [-0.1, -0.05) is 49.0 Å². The maximum atomic E-state index is 12.0. The van der Waals surface area contributed by atoms with Crippen LogP contribution in [0.4, 0.5) is 5.82 Å². The highest BCUT2D eigenvalue weighted by Crippen LogP contribution is 2.32. The molecule has 0 unspecified atom stereocenters. The van der Waals surface area contributed by atoms with Gasteiger partial charge in [0.2, 0.25) is 10.0 Å². The molecule has 4 heterocycles. The van der Waals surface area contributed by atoms with Crippen LogP contribution >= 0.6 is 0 Å². The van der Waals surface area contributed by atoms with E-state index in [2.05, 4.69) is 45.5 Å². The fraction of sp³-hybridized carbons (Fsp3) is 0.194. The number of pyridine rings is 2. The summed E-state index contributed by atoms with van der Waals surface area (Å²) >= 11 is 0. The maximum absolute atomic E-state index is 12.0. The monoisotopic (exact) mass is 565 g/mol. The van der Waals surface area contributed by atoms with Gasteiger partial charge in [-0.15, -0.1) is 0 Å². The number of imidazole rings is 1. The van der Waals surface area contributed by atoms with E-state index in [1.807, 2.05) is 59.2 Å². The number of likely N-dealkylation sites (tertiary alicyclic amines) is 1. The number of sulfonamides is 1. The molecule has 5 aromatic rings. The summed E-state index contributed by atoms with van der Waals surface area (Å²) in [5, 5.41) is 0.968. The van der Waals surface area contributed by atoms with E-state index < -0.39 is 10.0 Å². The molecule has 2 aromatic carbocycles. The minimum Gasteiger partial charge on any atom is -0.383 e. The van der Waals surface area contributed by atoms with E-state index in [4.69, 9.17) is 15.7 Å². The third-order valence-electron chi connectivity index (χ3n) is 7.31. The van der Waals surface area contributed by atoms with Crippen molar-refractivity contribution in [3.63, 3.8) is 0 Å². The molecule has 0 amide bonds. The summed E-state index contributed by atoms with van der Waals surface area (Å²) in [6, 6.07) is 26.0. The van der Waals surface area contributed by atoms with Crippen LogP contribution in [0.25, 0.3) is 39.5 Å². The van der Waals surface area contributed by atoms with Gasteiger partial charge in [0, 0.05) is 42.0 Å². The summed E-state index contributed by atoms with van der Waals surface area (Å²) in [7, 11) is -3.46. The fourth-order valence-corrected chi connectivity index (χ4v) is 6.10. The van der Waals surface area contributed by atoms with Crippen molar-refractivity contribution < 1.29 is 8.42 Å². The highest BCUT2D eigenvalue weighted by Gasteiger charge is 2.23. The molecule has 0 bridgehead atoms. The Hall–Kier alpha value is -4.38. The Balaban J connectivity index is 1.34. The van der Waals surface area contributed by atoms with E-state index in [0.717, 1.165) is 70.6 Å². The number of piperidine rings is 1. The zero-order valence-electron chi connectivity index (χ0n) is 22.5. The van der Waals surface area contributed by atoms with Gasteiger partial charge in [0.05, 0.1) is 11.3 Å². The van der Waals surface area contributed by atoms with Crippen LogP contribution in [0.1, 0.15) is 18.4 Å². The van der Waals surface area contributed by atoms with Gasteiger partial charge in [-0.3, -0.25) is 9.47 Å². The molecule has 208 valence electrons. The zero-order chi connectivity index (χ0) is 28.4. The molecular formula is C31H31N7O2S. The number of anilines is 1. The van der Waals surface area contributed by atoms with Crippen LogP contribution in [-0.4, -0.2) is 52.0 Å². The number of aromatic nitrogens is 4. The average molecular weight is 566 g/mol. The Morgan fingerprint density at radius 1 is 1.00 bits per heavy atom. The molecule has 1 fully saturated rings. The van der Waals surface area contributed by atoms with Gasteiger partial charge in [-0.05, 0) is 61.3 Å². The van der Waals surface area contributed by atoms with Crippen LogP contribution in [0.3, 0.4) is 0 Å². The summed E-state index contributed by atoms with van der Waals surface area (Å²) in [5.74, 6) is 1.07. The van der Waals surface area contributed by atoms with E-state index >= 15 is 0 Å². The molecule has 1 aliphatic heterocycles. The summed E-state index contributed by atoms with van der Waals surface area (Å²) in [4.78, 5) is 16.5. The molecule has 0 aliphatic carbocycles. The second-order valence-corrected chi connectivity index (χ2v) is 11.8. The molecule has 10 heteroatoms. The molecule has 0 spiro atoms. The molecule has 1 saturated heterocycles. The van der Waals surface area contributed by atoms with Crippen LogP contribution < -0.4 is 10.5 Å². The van der Waals surface area contributed by atoms with Crippen molar-refractivity contribution in [3.05, 3.63) is 103 Å². The Kier molecular flexibility index (Phi) is 7.36. The van der Waals surface area contributed by atoms with Gasteiger partial charge in [0.1, 0.15) is 11.3 Å². The predicted molar refractivity (Wildman–Crippen MR) is 162 cm³/mol.